The van der Waals surface area contributed by atoms with Crippen LogP contribution in [0.15, 0.2) is 59.5 Å². The maximum Gasteiger partial charge on any atom is 0.335 e. The van der Waals surface area contributed by atoms with Gasteiger partial charge in [-0.3, -0.25) is 0 Å². The number of anilines is 2. The predicted molar refractivity (Wildman–Crippen MR) is 158 cm³/mol. The fourth-order valence-corrected chi connectivity index (χ4v) is 9.36. The van der Waals surface area contributed by atoms with E-state index in [1.807, 2.05) is 64.1 Å². The molecule has 2 atom stereocenters. The molecule has 5 nitrogen and oxygen atoms in total. The monoisotopic (exact) mass is 545 g/mol. The molecule has 0 saturated heterocycles. The molecule has 0 aromatic heterocycles. The molecule has 1 heterocycles. The highest BCUT2D eigenvalue weighted by Crippen LogP contribution is 2.47. The standard InChI is InChI=1S/C33H39NO4S/c1-5-30-28(24-12-8-6-9-13-24)20-34(25-14-10-7-11-15-25)29-18-22(3)27(19-31(29)39(30,37)38)32-21(2)16-17-26(23(32)4)33(35)36/h7,10-11,14-19,24,28,30H,5-6,8-9,12-13,20H2,1-4H3,(H,35,36)/t28-,30?/m0/s1. The van der Waals surface area contributed by atoms with E-state index in [1.54, 1.807) is 6.07 Å². The van der Waals surface area contributed by atoms with Gasteiger partial charge < -0.3 is 10.0 Å². The summed E-state index contributed by atoms with van der Waals surface area (Å²) in [5, 5.41) is 9.33. The van der Waals surface area contributed by atoms with Gasteiger partial charge in [-0.1, -0.05) is 63.3 Å². The highest BCUT2D eigenvalue weighted by atomic mass is 32.2. The summed E-state index contributed by atoms with van der Waals surface area (Å²) in [5.41, 5.74) is 6.07. The van der Waals surface area contributed by atoms with E-state index in [9.17, 15) is 18.3 Å². The first-order valence-electron chi connectivity index (χ1n) is 14.2. The van der Waals surface area contributed by atoms with E-state index in [0.717, 1.165) is 59.3 Å². The van der Waals surface area contributed by atoms with Crippen molar-refractivity contribution in [2.24, 2.45) is 11.8 Å². The average molecular weight is 546 g/mol. The molecule has 1 fully saturated rings. The second-order valence-electron chi connectivity index (χ2n) is 11.4. The third kappa shape index (κ3) is 4.88. The van der Waals surface area contributed by atoms with E-state index in [4.69, 9.17) is 0 Å². The third-order valence-electron chi connectivity index (χ3n) is 9.07. The summed E-state index contributed by atoms with van der Waals surface area (Å²) in [5.74, 6) is -0.558. The number of fused-ring (bicyclic) bond motifs is 1. The van der Waals surface area contributed by atoms with E-state index in [-0.39, 0.29) is 11.5 Å². The maximum atomic E-state index is 14.6. The molecule has 1 aliphatic carbocycles. The molecule has 0 spiro atoms. The minimum Gasteiger partial charge on any atom is -0.478 e. The number of benzene rings is 3. The molecule has 0 amide bonds. The minimum absolute atomic E-state index is 0.0375. The van der Waals surface area contributed by atoms with Crippen LogP contribution in [0.1, 0.15) is 72.5 Å². The number of nitrogens with zero attached hydrogens (tertiary/aromatic N) is 1. The molecule has 2 aliphatic rings. The quantitative estimate of drug-likeness (QED) is 0.353. The molecule has 1 N–H and O–H groups in total. The van der Waals surface area contributed by atoms with Crippen LogP contribution in [0.5, 0.6) is 0 Å². The van der Waals surface area contributed by atoms with Gasteiger partial charge in [0.2, 0.25) is 0 Å². The Kier molecular flexibility index (Phi) is 7.60. The van der Waals surface area contributed by atoms with Gasteiger partial charge in [0.25, 0.3) is 0 Å². The van der Waals surface area contributed by atoms with Crippen molar-refractivity contribution in [1.29, 1.82) is 0 Å². The Balaban J connectivity index is 1.77. The zero-order chi connectivity index (χ0) is 27.9. The predicted octanol–water partition coefficient (Wildman–Crippen LogP) is 7.88. The molecule has 1 unspecified atom stereocenters. The van der Waals surface area contributed by atoms with E-state index in [1.165, 1.54) is 6.42 Å². The van der Waals surface area contributed by atoms with Crippen LogP contribution in [0.2, 0.25) is 0 Å². The maximum absolute atomic E-state index is 14.6. The van der Waals surface area contributed by atoms with Crippen molar-refractivity contribution in [2.45, 2.75) is 76.4 Å². The van der Waals surface area contributed by atoms with Gasteiger partial charge in [0.15, 0.2) is 9.84 Å². The fourth-order valence-electron chi connectivity index (χ4n) is 7.08. The van der Waals surface area contributed by atoms with Gasteiger partial charge in [-0.05, 0) is 97.2 Å². The smallest absolute Gasteiger partial charge is 0.335 e. The molecule has 1 aliphatic heterocycles. The molecule has 39 heavy (non-hydrogen) atoms. The molecule has 1 saturated carbocycles. The first kappa shape index (κ1) is 27.4. The van der Waals surface area contributed by atoms with Crippen LogP contribution < -0.4 is 4.90 Å². The van der Waals surface area contributed by atoms with Crippen LogP contribution in [0, 0.1) is 32.6 Å². The van der Waals surface area contributed by atoms with Gasteiger partial charge in [-0.25, -0.2) is 13.2 Å². The lowest BCUT2D eigenvalue weighted by Gasteiger charge is -2.36. The lowest BCUT2D eigenvalue weighted by atomic mass is 9.77. The third-order valence-corrected chi connectivity index (χ3v) is 11.5. The summed E-state index contributed by atoms with van der Waals surface area (Å²) in [6.07, 6.45) is 6.29. The Morgan fingerprint density at radius 2 is 1.64 bits per heavy atom. The lowest BCUT2D eigenvalue weighted by molar-refractivity contribution is 0.0696. The number of hydrogen-bond donors (Lipinski definition) is 1. The van der Waals surface area contributed by atoms with Crippen molar-refractivity contribution in [2.75, 3.05) is 11.4 Å². The van der Waals surface area contributed by atoms with Gasteiger partial charge in [0.1, 0.15) is 0 Å². The van der Waals surface area contributed by atoms with Gasteiger partial charge in [0, 0.05) is 12.2 Å². The first-order chi connectivity index (χ1) is 18.6. The normalized spacial score (nSPS) is 21.3. The number of hydrogen-bond acceptors (Lipinski definition) is 4. The van der Waals surface area contributed by atoms with E-state index in [0.29, 0.717) is 29.3 Å². The highest BCUT2D eigenvalue weighted by Gasteiger charge is 2.44. The minimum atomic E-state index is -3.67. The van der Waals surface area contributed by atoms with E-state index < -0.39 is 21.1 Å². The van der Waals surface area contributed by atoms with Crippen molar-refractivity contribution in [3.05, 3.63) is 76.9 Å². The first-order valence-corrected chi connectivity index (χ1v) is 15.7. The molecule has 206 valence electrons. The van der Waals surface area contributed by atoms with Crippen molar-refractivity contribution < 1.29 is 18.3 Å². The summed E-state index contributed by atoms with van der Waals surface area (Å²) in [6, 6.07) is 17.4. The Labute approximate surface area is 232 Å². The number of para-hydroxylation sites is 1. The van der Waals surface area contributed by atoms with Crippen LogP contribution in [0.3, 0.4) is 0 Å². The van der Waals surface area contributed by atoms with Gasteiger partial charge in [0.05, 0.1) is 21.4 Å². The number of aryl methyl sites for hydroxylation is 2. The molecule has 3 aromatic rings. The molecule has 6 heteroatoms. The van der Waals surface area contributed by atoms with E-state index >= 15 is 0 Å². The zero-order valence-corrected chi connectivity index (χ0v) is 24.2. The molecule has 0 bridgehead atoms. The molecular weight excluding hydrogens is 506 g/mol. The Bertz CT molecular complexity index is 1490. The van der Waals surface area contributed by atoms with Gasteiger partial charge in [-0.15, -0.1) is 0 Å². The van der Waals surface area contributed by atoms with Gasteiger partial charge in [-0.2, -0.15) is 0 Å². The number of sulfone groups is 1. The van der Waals surface area contributed by atoms with E-state index in [2.05, 4.69) is 17.0 Å². The van der Waals surface area contributed by atoms with Crippen LogP contribution >= 0.6 is 0 Å². The molecule has 5 rings (SSSR count). The number of carbonyl (C=O) groups is 1. The SMILES string of the molecule is CCC1[C@H](C2CCCCC2)CN(c2ccccc2)c2cc(C)c(-c3c(C)ccc(C(=O)O)c3C)cc2S1(=O)=O. The Morgan fingerprint density at radius 1 is 0.949 bits per heavy atom. The number of aromatic carboxylic acids is 1. The number of rotatable bonds is 5. The van der Waals surface area contributed by atoms with Crippen molar-refractivity contribution in [3.63, 3.8) is 0 Å². The summed E-state index contributed by atoms with van der Waals surface area (Å²) in [4.78, 5) is 14.5. The van der Waals surface area contributed by atoms with Crippen molar-refractivity contribution in [1.82, 2.24) is 0 Å². The second kappa shape index (κ2) is 10.8. The largest absolute Gasteiger partial charge is 0.478 e. The van der Waals surface area contributed by atoms with Crippen molar-refractivity contribution >= 4 is 27.2 Å². The zero-order valence-electron chi connectivity index (χ0n) is 23.4. The summed E-state index contributed by atoms with van der Waals surface area (Å²) < 4.78 is 29.2. The number of carboxylic acids is 1. The van der Waals surface area contributed by atoms with Crippen LogP contribution in [-0.4, -0.2) is 31.3 Å². The average Bonchev–Trinajstić information content (AvgIpc) is 3.01. The summed E-state index contributed by atoms with van der Waals surface area (Å²) >= 11 is 0. The van der Waals surface area contributed by atoms with Crippen molar-refractivity contribution in [3.8, 4) is 11.1 Å². The molecular formula is C33H39NO4S. The highest BCUT2D eigenvalue weighted by molar-refractivity contribution is 7.92. The van der Waals surface area contributed by atoms with Gasteiger partial charge >= 0.3 is 5.97 Å². The Hall–Kier alpha value is -3.12. The molecule has 0 radical (unpaired) electrons. The van der Waals surface area contributed by atoms with Crippen LogP contribution in [-0.2, 0) is 9.84 Å². The lowest BCUT2D eigenvalue weighted by Crippen LogP contribution is -2.39. The topological polar surface area (TPSA) is 74.7 Å². The summed E-state index contributed by atoms with van der Waals surface area (Å²) in [6.45, 7) is 8.45. The summed E-state index contributed by atoms with van der Waals surface area (Å²) in [7, 11) is -3.67. The fraction of sp³-hybridized carbons (Fsp3) is 0.424. The Morgan fingerprint density at radius 3 is 2.28 bits per heavy atom. The second-order valence-corrected chi connectivity index (χ2v) is 13.5. The van der Waals surface area contributed by atoms with Crippen LogP contribution in [0.4, 0.5) is 11.4 Å². The van der Waals surface area contributed by atoms with Crippen LogP contribution in [0.25, 0.3) is 11.1 Å². The molecule has 3 aromatic carbocycles. The number of carboxylic acid groups (broad SMARTS) is 1.